The van der Waals surface area contributed by atoms with E-state index in [1.807, 2.05) is 0 Å². The third kappa shape index (κ3) is 6.33. The summed E-state index contributed by atoms with van der Waals surface area (Å²) in [6.45, 7) is -2.47. The number of hydrogen-bond acceptors (Lipinski definition) is 3. The van der Waals surface area contributed by atoms with Crippen LogP contribution in [0, 0.1) is 11.6 Å². The molecule has 0 saturated carbocycles. The number of benzene rings is 2. The van der Waals surface area contributed by atoms with Crippen molar-refractivity contribution in [2.75, 3.05) is 20.7 Å². The van der Waals surface area contributed by atoms with Crippen molar-refractivity contribution in [1.29, 1.82) is 0 Å². The molecule has 2 N–H and O–H groups in total. The normalized spacial score (nSPS) is 11.5. The van der Waals surface area contributed by atoms with E-state index in [9.17, 15) is 17.6 Å². The Morgan fingerprint density at radius 1 is 1.07 bits per heavy atom. The molecule has 9 heteroatoms. The first-order valence-electron chi connectivity index (χ1n) is 8.43. The molecule has 0 fully saturated rings. The van der Waals surface area contributed by atoms with E-state index >= 15 is 0 Å². The fourth-order valence-corrected chi connectivity index (χ4v) is 2.47. The van der Waals surface area contributed by atoms with E-state index in [1.165, 1.54) is 38.4 Å². The molecule has 0 amide bonds. The standard InChI is InChI=1S/C19H21F4N3O2/c1-24-19(25-8-7-12-3-4-14(20)10-16(12)21)26-11-13-9-15(27-2)5-6-17(13)28-18(22)23/h3-6,9-10,18H,7-8,11H2,1-2H3,(H2,24,25,26). The van der Waals surface area contributed by atoms with Crippen LogP contribution in [0.3, 0.4) is 0 Å². The third-order valence-corrected chi connectivity index (χ3v) is 3.86. The predicted molar refractivity (Wildman–Crippen MR) is 97.9 cm³/mol. The second kappa shape index (κ2) is 10.4. The molecular weight excluding hydrogens is 378 g/mol. The van der Waals surface area contributed by atoms with Gasteiger partial charge in [-0.15, -0.1) is 0 Å². The van der Waals surface area contributed by atoms with Gasteiger partial charge in [-0.2, -0.15) is 8.78 Å². The van der Waals surface area contributed by atoms with Gasteiger partial charge < -0.3 is 20.1 Å². The quantitative estimate of drug-likeness (QED) is 0.405. The highest BCUT2D eigenvalue weighted by Crippen LogP contribution is 2.25. The summed E-state index contributed by atoms with van der Waals surface area (Å²) in [7, 11) is 3.01. The van der Waals surface area contributed by atoms with Crippen molar-refractivity contribution in [3.05, 3.63) is 59.2 Å². The van der Waals surface area contributed by atoms with Gasteiger partial charge in [-0.3, -0.25) is 4.99 Å². The zero-order valence-electron chi connectivity index (χ0n) is 15.4. The van der Waals surface area contributed by atoms with Gasteiger partial charge in [0.1, 0.15) is 23.1 Å². The lowest BCUT2D eigenvalue weighted by Crippen LogP contribution is -2.38. The minimum atomic E-state index is -2.95. The first-order valence-corrected chi connectivity index (χ1v) is 8.43. The highest BCUT2D eigenvalue weighted by Gasteiger charge is 2.12. The molecule has 0 radical (unpaired) electrons. The molecule has 28 heavy (non-hydrogen) atoms. The summed E-state index contributed by atoms with van der Waals surface area (Å²) in [5.74, 6) is -0.352. The number of nitrogens with one attached hydrogen (secondary N) is 2. The molecule has 0 spiro atoms. The molecule has 0 aliphatic rings. The van der Waals surface area contributed by atoms with Gasteiger partial charge in [0.2, 0.25) is 0 Å². The fraction of sp³-hybridized carbons (Fsp3) is 0.316. The molecule has 2 aromatic carbocycles. The Bertz CT molecular complexity index is 816. The van der Waals surface area contributed by atoms with Gasteiger partial charge in [-0.1, -0.05) is 6.07 Å². The number of aliphatic imine (C=N–C) groups is 1. The van der Waals surface area contributed by atoms with Crippen LogP contribution >= 0.6 is 0 Å². The average molecular weight is 399 g/mol. The topological polar surface area (TPSA) is 54.9 Å². The number of nitrogens with zero attached hydrogens (tertiary/aromatic N) is 1. The van der Waals surface area contributed by atoms with Crippen LogP contribution in [0.25, 0.3) is 0 Å². The molecule has 2 rings (SSSR count). The summed E-state index contributed by atoms with van der Waals surface area (Å²) in [5.41, 5.74) is 0.817. The molecule has 2 aromatic rings. The van der Waals surface area contributed by atoms with Crippen molar-refractivity contribution < 1.29 is 27.0 Å². The van der Waals surface area contributed by atoms with Crippen LogP contribution < -0.4 is 20.1 Å². The molecule has 0 aliphatic heterocycles. The Hall–Kier alpha value is -2.97. The summed E-state index contributed by atoms with van der Waals surface area (Å²) in [6, 6.07) is 7.90. The number of rotatable bonds is 8. The van der Waals surface area contributed by atoms with Crippen molar-refractivity contribution in [2.45, 2.75) is 19.6 Å². The van der Waals surface area contributed by atoms with Crippen LogP contribution in [0.4, 0.5) is 17.6 Å². The van der Waals surface area contributed by atoms with Crippen molar-refractivity contribution >= 4 is 5.96 Å². The van der Waals surface area contributed by atoms with Crippen LogP contribution in [-0.2, 0) is 13.0 Å². The first-order chi connectivity index (χ1) is 13.4. The monoisotopic (exact) mass is 399 g/mol. The van der Waals surface area contributed by atoms with E-state index in [2.05, 4.69) is 20.4 Å². The maximum Gasteiger partial charge on any atom is 0.387 e. The number of halogens is 4. The number of hydrogen-bond donors (Lipinski definition) is 2. The molecule has 0 aliphatic carbocycles. The Morgan fingerprint density at radius 2 is 1.86 bits per heavy atom. The van der Waals surface area contributed by atoms with Gasteiger partial charge in [0.15, 0.2) is 5.96 Å². The molecule has 0 aromatic heterocycles. The number of methoxy groups -OCH3 is 1. The SMILES string of the molecule is CN=C(NCCc1ccc(F)cc1F)NCc1cc(OC)ccc1OC(F)F. The largest absolute Gasteiger partial charge is 0.497 e. The lowest BCUT2D eigenvalue weighted by Gasteiger charge is -2.15. The molecule has 5 nitrogen and oxygen atoms in total. The first kappa shape index (κ1) is 21.3. The second-order valence-corrected chi connectivity index (χ2v) is 5.69. The summed E-state index contributed by atoms with van der Waals surface area (Å²) in [4.78, 5) is 4.02. The van der Waals surface area contributed by atoms with Gasteiger partial charge in [0.25, 0.3) is 0 Å². The van der Waals surface area contributed by atoms with Gasteiger partial charge in [-0.05, 0) is 36.2 Å². The summed E-state index contributed by atoms with van der Waals surface area (Å²) in [6.07, 6.45) is 0.311. The third-order valence-electron chi connectivity index (χ3n) is 3.86. The molecule has 0 heterocycles. The zero-order valence-corrected chi connectivity index (χ0v) is 15.4. The minimum Gasteiger partial charge on any atom is -0.497 e. The molecule has 152 valence electrons. The van der Waals surface area contributed by atoms with Gasteiger partial charge in [0, 0.05) is 31.8 Å². The van der Waals surface area contributed by atoms with E-state index in [-0.39, 0.29) is 12.3 Å². The summed E-state index contributed by atoms with van der Waals surface area (Å²) < 4.78 is 61.3. The smallest absolute Gasteiger partial charge is 0.387 e. The maximum absolute atomic E-state index is 13.6. The van der Waals surface area contributed by atoms with E-state index < -0.39 is 18.2 Å². The van der Waals surface area contributed by atoms with Crippen molar-refractivity contribution in [2.24, 2.45) is 4.99 Å². The molecule has 0 atom stereocenters. The van der Waals surface area contributed by atoms with Gasteiger partial charge in [-0.25, -0.2) is 8.78 Å². The maximum atomic E-state index is 13.6. The van der Waals surface area contributed by atoms with Crippen molar-refractivity contribution in [3.63, 3.8) is 0 Å². The predicted octanol–water partition coefficient (Wildman–Crippen LogP) is 3.48. The van der Waals surface area contributed by atoms with Crippen molar-refractivity contribution in [1.82, 2.24) is 10.6 Å². The van der Waals surface area contributed by atoms with Gasteiger partial charge >= 0.3 is 6.61 Å². The number of guanidine groups is 1. The van der Waals surface area contributed by atoms with Crippen LogP contribution in [0.1, 0.15) is 11.1 Å². The van der Waals surface area contributed by atoms with E-state index in [0.717, 1.165) is 6.07 Å². The molecule has 0 bridgehead atoms. The van der Waals surface area contributed by atoms with Crippen LogP contribution in [0.2, 0.25) is 0 Å². The highest BCUT2D eigenvalue weighted by atomic mass is 19.3. The molecule has 0 unspecified atom stereocenters. The van der Waals surface area contributed by atoms with Gasteiger partial charge in [0.05, 0.1) is 7.11 Å². The Balaban J connectivity index is 1.94. The zero-order chi connectivity index (χ0) is 20.5. The Morgan fingerprint density at radius 3 is 2.50 bits per heavy atom. The van der Waals surface area contributed by atoms with E-state index in [4.69, 9.17) is 4.74 Å². The Labute approximate surface area is 160 Å². The lowest BCUT2D eigenvalue weighted by atomic mass is 10.1. The number of alkyl halides is 2. The summed E-state index contributed by atoms with van der Waals surface area (Å²) in [5, 5.41) is 5.94. The van der Waals surface area contributed by atoms with Crippen molar-refractivity contribution in [3.8, 4) is 11.5 Å². The summed E-state index contributed by atoms with van der Waals surface area (Å²) >= 11 is 0. The average Bonchev–Trinajstić information content (AvgIpc) is 2.66. The minimum absolute atomic E-state index is 0.0205. The highest BCUT2D eigenvalue weighted by molar-refractivity contribution is 5.79. The lowest BCUT2D eigenvalue weighted by molar-refractivity contribution is -0.0505. The molecular formula is C19H21F4N3O2. The van der Waals surface area contributed by atoms with Crippen LogP contribution in [0.5, 0.6) is 11.5 Å². The second-order valence-electron chi connectivity index (χ2n) is 5.69. The van der Waals surface area contributed by atoms with E-state index in [0.29, 0.717) is 35.8 Å². The number of ether oxygens (including phenoxy) is 2. The van der Waals surface area contributed by atoms with Crippen LogP contribution in [-0.4, -0.2) is 33.3 Å². The Kier molecular flexibility index (Phi) is 7.91. The fourth-order valence-electron chi connectivity index (χ4n) is 2.47. The van der Waals surface area contributed by atoms with Crippen LogP contribution in [0.15, 0.2) is 41.4 Å². The van der Waals surface area contributed by atoms with E-state index in [1.54, 1.807) is 6.07 Å². The molecule has 0 saturated heterocycles.